The quantitative estimate of drug-likeness (QED) is 0.599. The van der Waals surface area contributed by atoms with Crippen LogP contribution in [-0.2, 0) is 14.8 Å². The summed E-state index contributed by atoms with van der Waals surface area (Å²) in [4.78, 5) is 28.9. The van der Waals surface area contributed by atoms with Crippen molar-refractivity contribution in [3.63, 3.8) is 0 Å². The number of sulfonamides is 1. The lowest BCUT2D eigenvalue weighted by molar-refractivity contribution is -0.125. The molecule has 0 saturated carbocycles. The number of aliphatic hydroxyl groups is 1. The number of nitrogens with one attached hydrogen (secondary N) is 2. The Labute approximate surface area is 181 Å². The average molecular weight is 447 g/mol. The van der Waals surface area contributed by atoms with E-state index in [1.165, 1.54) is 12.3 Å². The highest BCUT2D eigenvalue weighted by molar-refractivity contribution is 7.89. The summed E-state index contributed by atoms with van der Waals surface area (Å²) < 4.78 is 28.1. The van der Waals surface area contributed by atoms with Crippen molar-refractivity contribution in [2.24, 2.45) is 0 Å². The molecule has 3 N–H and O–H groups in total. The second kappa shape index (κ2) is 8.74. The zero-order chi connectivity index (χ0) is 22.9. The molecule has 1 unspecified atom stereocenters. The van der Waals surface area contributed by atoms with Gasteiger partial charge >= 0.3 is 0 Å². The number of hydrogen-bond donors (Lipinski definition) is 3. The molecule has 10 heteroatoms. The van der Waals surface area contributed by atoms with Crippen LogP contribution in [0, 0.1) is 27.7 Å². The number of carbonyl (C=O) groups is 2. The number of carbonyl (C=O) groups excluding carboxylic acids is 2. The molecule has 2 amide bonds. The normalized spacial score (nSPS) is 19.3. The van der Waals surface area contributed by atoms with Gasteiger partial charge in [-0.3, -0.25) is 25.4 Å². The number of aromatic nitrogens is 1. The van der Waals surface area contributed by atoms with Crippen LogP contribution in [0.4, 0.5) is 0 Å². The third-order valence-electron chi connectivity index (χ3n) is 5.60. The highest BCUT2D eigenvalue weighted by atomic mass is 32.2. The van der Waals surface area contributed by atoms with Gasteiger partial charge in [-0.2, -0.15) is 4.31 Å². The molecule has 1 aliphatic rings. The van der Waals surface area contributed by atoms with E-state index in [9.17, 15) is 23.1 Å². The smallest absolute Gasteiger partial charge is 0.288 e. The maximum absolute atomic E-state index is 13.5. The number of aliphatic hydroxyl groups excluding tert-OH is 1. The van der Waals surface area contributed by atoms with Gasteiger partial charge in [0.25, 0.3) is 11.8 Å². The fourth-order valence-corrected chi connectivity index (χ4v) is 5.95. The molecule has 1 aromatic carbocycles. The van der Waals surface area contributed by atoms with Gasteiger partial charge in [0.2, 0.25) is 10.0 Å². The molecule has 2 aromatic rings. The predicted molar refractivity (Wildman–Crippen MR) is 114 cm³/mol. The molecular formula is C21H26N4O5S. The van der Waals surface area contributed by atoms with Crippen LogP contribution in [0.15, 0.2) is 35.4 Å². The van der Waals surface area contributed by atoms with Crippen molar-refractivity contribution in [2.45, 2.75) is 51.2 Å². The monoisotopic (exact) mass is 446 g/mol. The van der Waals surface area contributed by atoms with Gasteiger partial charge in [0.15, 0.2) is 0 Å². The largest absolute Gasteiger partial charge is 0.392 e. The van der Waals surface area contributed by atoms with E-state index in [0.29, 0.717) is 11.1 Å². The first-order chi connectivity index (χ1) is 14.5. The molecular weight excluding hydrogens is 420 g/mol. The molecule has 2 heterocycles. The first-order valence-electron chi connectivity index (χ1n) is 9.82. The number of hydrazine groups is 1. The molecule has 3 rings (SSSR count). The van der Waals surface area contributed by atoms with Crippen LogP contribution in [-0.4, -0.2) is 53.3 Å². The van der Waals surface area contributed by atoms with E-state index in [1.807, 2.05) is 19.9 Å². The maximum Gasteiger partial charge on any atom is 0.288 e. The third kappa shape index (κ3) is 4.46. The zero-order valence-electron chi connectivity index (χ0n) is 17.8. The topological polar surface area (TPSA) is 129 Å². The molecule has 166 valence electrons. The molecule has 31 heavy (non-hydrogen) atoms. The van der Waals surface area contributed by atoms with Crippen LogP contribution in [0.2, 0.25) is 0 Å². The van der Waals surface area contributed by atoms with Crippen LogP contribution in [0.1, 0.15) is 39.2 Å². The Balaban J connectivity index is 1.86. The van der Waals surface area contributed by atoms with Crippen molar-refractivity contribution >= 4 is 21.8 Å². The van der Waals surface area contributed by atoms with Crippen molar-refractivity contribution in [2.75, 3.05) is 6.54 Å². The number of benzene rings is 1. The molecule has 2 atom stereocenters. The van der Waals surface area contributed by atoms with Gasteiger partial charge in [-0.1, -0.05) is 12.1 Å². The van der Waals surface area contributed by atoms with E-state index < -0.39 is 34.0 Å². The molecule has 0 spiro atoms. The Hall–Kier alpha value is -2.82. The van der Waals surface area contributed by atoms with E-state index in [0.717, 1.165) is 15.4 Å². The van der Waals surface area contributed by atoms with E-state index in [-0.39, 0.29) is 23.6 Å². The van der Waals surface area contributed by atoms with Crippen LogP contribution in [0.25, 0.3) is 0 Å². The average Bonchev–Trinajstić information content (AvgIpc) is 3.13. The summed E-state index contributed by atoms with van der Waals surface area (Å²) in [7, 11) is -4.08. The lowest BCUT2D eigenvalue weighted by Gasteiger charge is -2.26. The molecule has 9 nitrogen and oxygen atoms in total. The molecule has 1 saturated heterocycles. The van der Waals surface area contributed by atoms with Gasteiger partial charge in [-0.05, 0) is 62.1 Å². The van der Waals surface area contributed by atoms with Gasteiger partial charge in [-0.15, -0.1) is 0 Å². The van der Waals surface area contributed by atoms with E-state index >= 15 is 0 Å². The summed E-state index contributed by atoms with van der Waals surface area (Å²) in [6.07, 6.45) is 0.365. The number of aryl methyl sites for hydroxylation is 2. The first-order valence-corrected chi connectivity index (χ1v) is 11.3. The van der Waals surface area contributed by atoms with Crippen molar-refractivity contribution < 1.29 is 23.1 Å². The SMILES string of the molecule is Cc1cc(C)c(C)c(S(=O)(=O)N2CC(O)C[C@H]2C(=O)NNC(=O)c2ccccn2)c1C. The zero-order valence-corrected chi connectivity index (χ0v) is 18.7. The predicted octanol–water partition coefficient (Wildman–Crippen LogP) is 0.900. The second-order valence-corrected chi connectivity index (χ2v) is 9.56. The Morgan fingerprint density at radius 2 is 1.74 bits per heavy atom. The Bertz CT molecular complexity index is 1090. The summed E-state index contributed by atoms with van der Waals surface area (Å²) in [5.74, 6) is -1.37. The summed E-state index contributed by atoms with van der Waals surface area (Å²) >= 11 is 0. The van der Waals surface area contributed by atoms with Gasteiger partial charge in [-0.25, -0.2) is 8.42 Å². The fourth-order valence-electron chi connectivity index (χ4n) is 3.74. The Morgan fingerprint density at radius 3 is 2.32 bits per heavy atom. The van der Waals surface area contributed by atoms with E-state index in [4.69, 9.17) is 0 Å². The molecule has 0 bridgehead atoms. The maximum atomic E-state index is 13.5. The number of β-amino-alcohol motifs (C(OH)–C–C–N with tert-alkyl or cyclic N) is 1. The van der Waals surface area contributed by atoms with Gasteiger partial charge in [0.05, 0.1) is 11.0 Å². The Morgan fingerprint density at radius 1 is 1.10 bits per heavy atom. The fraction of sp³-hybridized carbons (Fsp3) is 0.381. The van der Waals surface area contributed by atoms with Gasteiger partial charge in [0.1, 0.15) is 11.7 Å². The van der Waals surface area contributed by atoms with Crippen LogP contribution in [0.3, 0.4) is 0 Å². The molecule has 1 fully saturated rings. The highest BCUT2D eigenvalue weighted by Crippen LogP contribution is 2.32. The number of pyridine rings is 1. The molecule has 1 aliphatic heterocycles. The number of hydrogen-bond acceptors (Lipinski definition) is 6. The first kappa shape index (κ1) is 22.9. The standard InChI is InChI=1S/C21H26N4O5S/c1-12-9-13(2)15(4)19(14(12)3)31(29,30)25-11-16(26)10-18(25)21(28)24-23-20(27)17-7-5-6-8-22-17/h5-9,16,18,26H,10-11H2,1-4H3,(H,23,27)(H,24,28)/t16?,18-/m0/s1. The number of nitrogens with zero attached hydrogens (tertiary/aromatic N) is 2. The highest BCUT2D eigenvalue weighted by Gasteiger charge is 2.44. The Kier molecular flexibility index (Phi) is 6.44. The number of rotatable bonds is 4. The van der Waals surface area contributed by atoms with Crippen LogP contribution in [0.5, 0.6) is 0 Å². The van der Waals surface area contributed by atoms with E-state index in [1.54, 1.807) is 26.0 Å². The summed E-state index contributed by atoms with van der Waals surface area (Å²) in [5, 5.41) is 10.1. The van der Waals surface area contributed by atoms with Gasteiger partial charge in [0, 0.05) is 19.2 Å². The molecule has 0 aliphatic carbocycles. The summed E-state index contributed by atoms with van der Waals surface area (Å²) in [6.45, 7) is 6.90. The molecule has 1 aromatic heterocycles. The lowest BCUT2D eigenvalue weighted by Crippen LogP contribution is -2.51. The molecule has 0 radical (unpaired) electrons. The van der Waals surface area contributed by atoms with Crippen molar-refractivity contribution in [1.82, 2.24) is 20.1 Å². The third-order valence-corrected chi connectivity index (χ3v) is 7.75. The van der Waals surface area contributed by atoms with Crippen LogP contribution < -0.4 is 10.9 Å². The van der Waals surface area contributed by atoms with E-state index in [2.05, 4.69) is 15.8 Å². The van der Waals surface area contributed by atoms with Crippen LogP contribution >= 0.6 is 0 Å². The van der Waals surface area contributed by atoms with Crippen molar-refractivity contribution in [3.05, 3.63) is 58.4 Å². The minimum Gasteiger partial charge on any atom is -0.392 e. The second-order valence-electron chi connectivity index (χ2n) is 7.73. The van der Waals surface area contributed by atoms with Crippen molar-refractivity contribution in [1.29, 1.82) is 0 Å². The lowest BCUT2D eigenvalue weighted by atomic mass is 10.0. The minimum absolute atomic E-state index is 0.0760. The summed E-state index contributed by atoms with van der Waals surface area (Å²) in [6, 6.07) is 5.50. The summed E-state index contributed by atoms with van der Waals surface area (Å²) in [5.41, 5.74) is 7.45. The van der Waals surface area contributed by atoms with Crippen molar-refractivity contribution in [3.8, 4) is 0 Å². The van der Waals surface area contributed by atoms with Gasteiger partial charge < -0.3 is 5.11 Å². The minimum atomic E-state index is -4.08. The number of amides is 2.